The van der Waals surface area contributed by atoms with Gasteiger partial charge in [-0.1, -0.05) is 0 Å². The molecule has 0 aromatic heterocycles. The fraction of sp³-hybridized carbons (Fsp3) is 1.00. The highest BCUT2D eigenvalue weighted by Gasteiger charge is 2.36. The van der Waals surface area contributed by atoms with E-state index in [1.807, 2.05) is 0 Å². The van der Waals surface area contributed by atoms with Gasteiger partial charge >= 0.3 is 0 Å². The van der Waals surface area contributed by atoms with Crippen molar-refractivity contribution in [2.45, 2.75) is 50.7 Å². The van der Waals surface area contributed by atoms with Crippen LogP contribution in [0.1, 0.15) is 39.5 Å². The molecule has 10 heavy (non-hydrogen) atoms. The van der Waals surface area contributed by atoms with E-state index in [2.05, 4.69) is 0 Å². The van der Waals surface area contributed by atoms with Gasteiger partial charge in [0.05, 0.1) is 11.2 Å². The zero-order valence-corrected chi connectivity index (χ0v) is 6.72. The Labute approximate surface area is 61.9 Å². The largest absolute Gasteiger partial charge is 0.390 e. The molecular weight excluding hydrogens is 128 g/mol. The van der Waals surface area contributed by atoms with Crippen LogP contribution >= 0.6 is 0 Å². The molecule has 2 atom stereocenters. The summed E-state index contributed by atoms with van der Waals surface area (Å²) in [6, 6.07) is 0. The van der Waals surface area contributed by atoms with Crippen LogP contribution in [0, 0.1) is 0 Å². The third kappa shape index (κ3) is 1.96. The molecule has 2 heteroatoms. The van der Waals surface area contributed by atoms with Crippen LogP contribution in [0.15, 0.2) is 0 Å². The molecule has 0 amide bonds. The molecule has 0 aromatic rings. The Morgan fingerprint density at radius 3 is 1.60 bits per heavy atom. The first-order chi connectivity index (χ1) is 4.41. The summed E-state index contributed by atoms with van der Waals surface area (Å²) in [6.45, 7) is 3.58. The Balaban J connectivity index is 2.56. The Morgan fingerprint density at radius 2 is 1.40 bits per heavy atom. The summed E-state index contributed by atoms with van der Waals surface area (Å²) in [5, 5.41) is 19.1. The first-order valence-electron chi connectivity index (χ1n) is 3.86. The Bertz CT molecular complexity index is 113. The van der Waals surface area contributed by atoms with E-state index in [0.717, 1.165) is 19.3 Å². The van der Waals surface area contributed by atoms with E-state index in [9.17, 15) is 10.2 Å². The van der Waals surface area contributed by atoms with E-state index in [-0.39, 0.29) is 0 Å². The second-order valence-electron chi connectivity index (χ2n) is 4.02. The molecule has 2 nitrogen and oxygen atoms in total. The number of hydrogen-bond donors (Lipinski definition) is 2. The average molecular weight is 144 g/mol. The van der Waals surface area contributed by atoms with Crippen molar-refractivity contribution >= 4 is 0 Å². The Morgan fingerprint density at radius 1 is 1.00 bits per heavy atom. The lowest BCUT2D eigenvalue weighted by Crippen LogP contribution is -2.41. The van der Waals surface area contributed by atoms with Crippen LogP contribution in [0.4, 0.5) is 0 Å². The maximum Gasteiger partial charge on any atom is 0.0647 e. The molecule has 0 spiro atoms. The molecule has 0 heterocycles. The highest BCUT2D eigenvalue weighted by molar-refractivity contribution is 4.89. The van der Waals surface area contributed by atoms with Gasteiger partial charge in [0.15, 0.2) is 0 Å². The van der Waals surface area contributed by atoms with Gasteiger partial charge in [0.25, 0.3) is 0 Å². The molecule has 1 aliphatic carbocycles. The third-order valence-corrected chi connectivity index (χ3v) is 2.19. The van der Waals surface area contributed by atoms with Gasteiger partial charge in [0.2, 0.25) is 0 Å². The standard InChI is InChI=1S/C8H16O2/c1-7(9)4-3-5-8(2,10)6-7/h9-10H,3-6H2,1-2H3/t7-,8-/m1/s1. The average Bonchev–Trinajstić information content (AvgIpc) is 1.56. The predicted octanol–water partition coefficient (Wildman–Crippen LogP) is 1.06. The van der Waals surface area contributed by atoms with Crippen LogP contribution in [0.3, 0.4) is 0 Å². The van der Waals surface area contributed by atoms with Gasteiger partial charge in [-0.15, -0.1) is 0 Å². The molecule has 1 saturated carbocycles. The maximum atomic E-state index is 9.55. The summed E-state index contributed by atoms with van der Waals surface area (Å²) in [6.07, 6.45) is 3.09. The van der Waals surface area contributed by atoms with Crippen LogP contribution in [0.2, 0.25) is 0 Å². The van der Waals surface area contributed by atoms with E-state index in [1.54, 1.807) is 13.8 Å². The summed E-state index contributed by atoms with van der Waals surface area (Å²) in [4.78, 5) is 0. The second-order valence-corrected chi connectivity index (χ2v) is 4.02. The zero-order valence-electron chi connectivity index (χ0n) is 6.72. The molecule has 0 radical (unpaired) electrons. The molecule has 60 valence electrons. The van der Waals surface area contributed by atoms with Crippen molar-refractivity contribution < 1.29 is 10.2 Å². The zero-order chi connectivity index (χ0) is 7.83. The van der Waals surface area contributed by atoms with Gasteiger partial charge in [0.1, 0.15) is 0 Å². The normalized spacial score (nSPS) is 49.2. The molecule has 0 bridgehead atoms. The maximum absolute atomic E-state index is 9.55. The monoisotopic (exact) mass is 144 g/mol. The molecule has 0 unspecified atom stereocenters. The quantitative estimate of drug-likeness (QED) is 0.533. The highest BCUT2D eigenvalue weighted by atomic mass is 16.3. The van der Waals surface area contributed by atoms with Crippen molar-refractivity contribution in [3.63, 3.8) is 0 Å². The van der Waals surface area contributed by atoms with Crippen molar-refractivity contribution in [3.05, 3.63) is 0 Å². The fourth-order valence-corrected chi connectivity index (χ4v) is 1.85. The first-order valence-corrected chi connectivity index (χ1v) is 3.86. The molecule has 1 rings (SSSR count). The molecule has 1 aliphatic rings. The van der Waals surface area contributed by atoms with Gasteiger partial charge < -0.3 is 10.2 Å². The number of aliphatic hydroxyl groups is 2. The number of rotatable bonds is 0. The van der Waals surface area contributed by atoms with Gasteiger partial charge in [0, 0.05) is 6.42 Å². The van der Waals surface area contributed by atoms with Crippen LogP contribution in [0.5, 0.6) is 0 Å². The SMILES string of the molecule is C[C@@]1(O)CCC[C@@](C)(O)C1. The Kier molecular flexibility index (Phi) is 1.77. The molecule has 1 fully saturated rings. The lowest BCUT2D eigenvalue weighted by Gasteiger charge is -2.37. The third-order valence-electron chi connectivity index (χ3n) is 2.19. The first kappa shape index (κ1) is 8.02. The van der Waals surface area contributed by atoms with Crippen molar-refractivity contribution in [2.75, 3.05) is 0 Å². The smallest absolute Gasteiger partial charge is 0.0647 e. The van der Waals surface area contributed by atoms with Crippen LogP contribution in [0.25, 0.3) is 0 Å². The van der Waals surface area contributed by atoms with Crippen LogP contribution in [-0.4, -0.2) is 21.4 Å². The Hall–Kier alpha value is -0.0800. The van der Waals surface area contributed by atoms with Crippen molar-refractivity contribution in [3.8, 4) is 0 Å². The van der Waals surface area contributed by atoms with E-state index >= 15 is 0 Å². The summed E-state index contributed by atoms with van der Waals surface area (Å²) in [5.74, 6) is 0. The van der Waals surface area contributed by atoms with Gasteiger partial charge in [-0.2, -0.15) is 0 Å². The fourth-order valence-electron chi connectivity index (χ4n) is 1.85. The minimum Gasteiger partial charge on any atom is -0.390 e. The van der Waals surface area contributed by atoms with Crippen LogP contribution in [-0.2, 0) is 0 Å². The minimum absolute atomic E-state index is 0.514. The van der Waals surface area contributed by atoms with E-state index in [1.165, 1.54) is 0 Å². The van der Waals surface area contributed by atoms with Gasteiger partial charge in [-0.3, -0.25) is 0 Å². The van der Waals surface area contributed by atoms with Crippen molar-refractivity contribution in [1.29, 1.82) is 0 Å². The molecule has 0 aliphatic heterocycles. The van der Waals surface area contributed by atoms with Gasteiger partial charge in [-0.25, -0.2) is 0 Å². The van der Waals surface area contributed by atoms with Crippen LogP contribution < -0.4 is 0 Å². The van der Waals surface area contributed by atoms with Crippen molar-refractivity contribution in [2.24, 2.45) is 0 Å². The number of hydrogen-bond acceptors (Lipinski definition) is 2. The van der Waals surface area contributed by atoms with E-state index < -0.39 is 11.2 Å². The molecule has 0 aromatic carbocycles. The summed E-state index contributed by atoms with van der Waals surface area (Å²) in [5.41, 5.74) is -1.27. The van der Waals surface area contributed by atoms with Gasteiger partial charge in [-0.05, 0) is 33.1 Å². The van der Waals surface area contributed by atoms with E-state index in [0.29, 0.717) is 6.42 Å². The summed E-state index contributed by atoms with van der Waals surface area (Å²) in [7, 11) is 0. The predicted molar refractivity (Wildman–Crippen MR) is 39.7 cm³/mol. The summed E-state index contributed by atoms with van der Waals surface area (Å²) >= 11 is 0. The lowest BCUT2D eigenvalue weighted by atomic mass is 9.77. The second kappa shape index (κ2) is 2.21. The molecular formula is C8H16O2. The van der Waals surface area contributed by atoms with Crippen molar-refractivity contribution in [1.82, 2.24) is 0 Å². The van der Waals surface area contributed by atoms with E-state index in [4.69, 9.17) is 0 Å². The lowest BCUT2D eigenvalue weighted by molar-refractivity contribution is -0.0812. The molecule has 2 N–H and O–H groups in total. The molecule has 0 saturated heterocycles. The highest BCUT2D eigenvalue weighted by Crippen LogP contribution is 2.34. The topological polar surface area (TPSA) is 40.5 Å². The minimum atomic E-state index is -0.637. The summed E-state index contributed by atoms with van der Waals surface area (Å²) < 4.78 is 0.